The summed E-state index contributed by atoms with van der Waals surface area (Å²) in [4.78, 5) is 2.33. The predicted octanol–water partition coefficient (Wildman–Crippen LogP) is 2.18. The van der Waals surface area contributed by atoms with Gasteiger partial charge in [-0.25, -0.2) is 0 Å². The molecule has 3 fully saturated rings. The van der Waals surface area contributed by atoms with Gasteiger partial charge in [0.25, 0.3) is 0 Å². The van der Waals surface area contributed by atoms with Gasteiger partial charge in [0.15, 0.2) is 0 Å². The summed E-state index contributed by atoms with van der Waals surface area (Å²) >= 11 is 0. The van der Waals surface area contributed by atoms with Crippen LogP contribution in [-0.2, 0) is 4.74 Å². The third-order valence-electron chi connectivity index (χ3n) is 5.62. The first kappa shape index (κ1) is 12.9. The zero-order chi connectivity index (χ0) is 12.6. The van der Waals surface area contributed by atoms with Crippen LogP contribution in [0, 0.1) is 5.92 Å². The van der Waals surface area contributed by atoms with Crippen LogP contribution in [0.25, 0.3) is 0 Å². The highest BCUT2D eigenvalue weighted by Gasteiger charge is 2.47. The summed E-state index contributed by atoms with van der Waals surface area (Å²) in [6, 6.07) is 0. The van der Waals surface area contributed by atoms with E-state index in [1.165, 1.54) is 25.7 Å². The maximum atomic E-state index is 11.0. The fourth-order valence-corrected chi connectivity index (χ4v) is 4.27. The van der Waals surface area contributed by atoms with Crippen molar-refractivity contribution in [2.45, 2.75) is 62.6 Å². The molecule has 1 spiro atoms. The van der Waals surface area contributed by atoms with E-state index in [4.69, 9.17) is 4.74 Å². The van der Waals surface area contributed by atoms with Gasteiger partial charge in [-0.1, -0.05) is 12.8 Å². The average molecular weight is 253 g/mol. The largest absolute Gasteiger partial charge is 0.389 e. The lowest BCUT2D eigenvalue weighted by atomic mass is 9.71. The molecule has 0 aromatic heterocycles. The second kappa shape index (κ2) is 4.77. The third-order valence-corrected chi connectivity index (χ3v) is 5.62. The number of hydrogen-bond acceptors (Lipinski definition) is 3. The molecule has 104 valence electrons. The van der Waals surface area contributed by atoms with Crippen molar-refractivity contribution in [3.63, 3.8) is 0 Å². The van der Waals surface area contributed by atoms with Gasteiger partial charge in [-0.15, -0.1) is 0 Å². The lowest BCUT2D eigenvalue weighted by molar-refractivity contribution is -0.152. The van der Waals surface area contributed by atoms with Gasteiger partial charge in [-0.3, -0.25) is 0 Å². The highest BCUT2D eigenvalue weighted by atomic mass is 16.5. The van der Waals surface area contributed by atoms with Gasteiger partial charge in [0.05, 0.1) is 11.2 Å². The summed E-state index contributed by atoms with van der Waals surface area (Å²) < 4.78 is 6.09. The van der Waals surface area contributed by atoms with Crippen molar-refractivity contribution in [3.8, 4) is 0 Å². The molecule has 0 radical (unpaired) electrons. The molecule has 3 aliphatic rings. The number of hydrogen-bond donors (Lipinski definition) is 1. The predicted molar refractivity (Wildman–Crippen MR) is 71.6 cm³/mol. The van der Waals surface area contributed by atoms with Crippen LogP contribution in [0.15, 0.2) is 0 Å². The highest BCUT2D eigenvalue weighted by Crippen LogP contribution is 2.46. The Hall–Kier alpha value is -0.120. The van der Waals surface area contributed by atoms with Crippen molar-refractivity contribution in [2.75, 3.05) is 26.7 Å². The standard InChI is InChI=1S/C15H27NO2/c1-16-9-7-15(17,8-10-16)13-4-11-18-14(12-13)5-2-3-6-14/h13,17H,2-12H2,1H3. The Morgan fingerprint density at radius 3 is 2.44 bits per heavy atom. The molecule has 2 saturated heterocycles. The summed E-state index contributed by atoms with van der Waals surface area (Å²) in [6.45, 7) is 2.95. The van der Waals surface area contributed by atoms with E-state index in [0.29, 0.717) is 5.92 Å². The Morgan fingerprint density at radius 1 is 1.11 bits per heavy atom. The van der Waals surface area contributed by atoms with Gasteiger partial charge in [0, 0.05) is 19.7 Å². The van der Waals surface area contributed by atoms with E-state index in [2.05, 4.69) is 11.9 Å². The minimum absolute atomic E-state index is 0.141. The monoisotopic (exact) mass is 253 g/mol. The number of nitrogens with zero attached hydrogens (tertiary/aromatic N) is 1. The fraction of sp³-hybridized carbons (Fsp3) is 1.00. The van der Waals surface area contributed by atoms with E-state index < -0.39 is 5.60 Å². The molecule has 1 atom stereocenters. The van der Waals surface area contributed by atoms with Gasteiger partial charge in [0.1, 0.15) is 0 Å². The molecule has 1 N–H and O–H groups in total. The molecule has 1 unspecified atom stereocenters. The lowest BCUT2D eigenvalue weighted by Gasteiger charge is -2.48. The first-order valence-corrected chi connectivity index (χ1v) is 7.67. The molecule has 0 amide bonds. The van der Waals surface area contributed by atoms with E-state index in [1.807, 2.05) is 0 Å². The van der Waals surface area contributed by atoms with Crippen molar-refractivity contribution in [3.05, 3.63) is 0 Å². The first-order chi connectivity index (χ1) is 8.62. The maximum absolute atomic E-state index is 11.0. The van der Waals surface area contributed by atoms with Crippen molar-refractivity contribution in [1.29, 1.82) is 0 Å². The third kappa shape index (κ3) is 2.33. The van der Waals surface area contributed by atoms with Gasteiger partial charge >= 0.3 is 0 Å². The number of aliphatic hydroxyl groups is 1. The van der Waals surface area contributed by atoms with Gasteiger partial charge in [-0.05, 0) is 51.5 Å². The van der Waals surface area contributed by atoms with Crippen LogP contribution in [0.5, 0.6) is 0 Å². The van der Waals surface area contributed by atoms with Gasteiger partial charge < -0.3 is 14.7 Å². The maximum Gasteiger partial charge on any atom is 0.0702 e. The van der Waals surface area contributed by atoms with E-state index in [-0.39, 0.29) is 5.60 Å². The molecule has 3 nitrogen and oxygen atoms in total. The van der Waals surface area contributed by atoms with Crippen LogP contribution < -0.4 is 0 Å². The molecular formula is C15H27NO2. The Balaban J connectivity index is 1.68. The van der Waals surface area contributed by atoms with Crippen molar-refractivity contribution in [1.82, 2.24) is 4.90 Å². The van der Waals surface area contributed by atoms with Crippen molar-refractivity contribution in [2.24, 2.45) is 5.92 Å². The molecule has 2 heterocycles. The van der Waals surface area contributed by atoms with Crippen LogP contribution in [0.1, 0.15) is 51.4 Å². The molecule has 1 saturated carbocycles. The number of ether oxygens (including phenoxy) is 1. The van der Waals surface area contributed by atoms with Crippen LogP contribution in [0.3, 0.4) is 0 Å². The van der Waals surface area contributed by atoms with Crippen molar-refractivity contribution >= 4 is 0 Å². The van der Waals surface area contributed by atoms with Crippen molar-refractivity contribution < 1.29 is 9.84 Å². The average Bonchev–Trinajstić information content (AvgIpc) is 2.81. The number of rotatable bonds is 1. The minimum Gasteiger partial charge on any atom is -0.389 e. The first-order valence-electron chi connectivity index (χ1n) is 7.67. The molecule has 0 aromatic rings. The molecule has 2 aliphatic heterocycles. The van der Waals surface area contributed by atoms with E-state index >= 15 is 0 Å². The summed E-state index contributed by atoms with van der Waals surface area (Å²) in [6.07, 6.45) is 9.13. The molecule has 18 heavy (non-hydrogen) atoms. The highest BCUT2D eigenvalue weighted by molar-refractivity contribution is 4.99. The van der Waals surface area contributed by atoms with Gasteiger partial charge in [-0.2, -0.15) is 0 Å². The minimum atomic E-state index is -0.411. The summed E-state index contributed by atoms with van der Waals surface area (Å²) in [5.41, 5.74) is -0.270. The second-order valence-electron chi connectivity index (χ2n) is 6.84. The van der Waals surface area contributed by atoms with Crippen LogP contribution >= 0.6 is 0 Å². The van der Waals surface area contributed by atoms with Crippen LogP contribution in [0.4, 0.5) is 0 Å². The molecular weight excluding hydrogens is 226 g/mol. The Morgan fingerprint density at radius 2 is 1.78 bits per heavy atom. The molecule has 0 bridgehead atoms. The summed E-state index contributed by atoms with van der Waals surface area (Å²) in [5.74, 6) is 0.470. The number of likely N-dealkylation sites (tertiary alicyclic amines) is 1. The molecule has 3 heteroatoms. The van der Waals surface area contributed by atoms with E-state index in [1.54, 1.807) is 0 Å². The molecule has 3 rings (SSSR count). The Kier molecular flexibility index (Phi) is 3.41. The smallest absolute Gasteiger partial charge is 0.0702 e. The second-order valence-corrected chi connectivity index (χ2v) is 6.84. The Bertz CT molecular complexity index is 291. The topological polar surface area (TPSA) is 32.7 Å². The quantitative estimate of drug-likeness (QED) is 0.777. The van der Waals surface area contributed by atoms with E-state index in [9.17, 15) is 5.11 Å². The van der Waals surface area contributed by atoms with Gasteiger partial charge in [0.2, 0.25) is 0 Å². The lowest BCUT2D eigenvalue weighted by Crippen LogP contribution is -2.52. The Labute approximate surface area is 110 Å². The fourth-order valence-electron chi connectivity index (χ4n) is 4.27. The zero-order valence-electron chi connectivity index (χ0n) is 11.7. The normalized spacial score (nSPS) is 36.0. The number of piperidine rings is 1. The summed E-state index contributed by atoms with van der Waals surface area (Å²) in [7, 11) is 2.15. The van der Waals surface area contributed by atoms with E-state index in [0.717, 1.165) is 45.4 Å². The molecule has 0 aromatic carbocycles. The zero-order valence-corrected chi connectivity index (χ0v) is 11.7. The van der Waals surface area contributed by atoms with Crippen LogP contribution in [0.2, 0.25) is 0 Å². The van der Waals surface area contributed by atoms with Crippen LogP contribution in [-0.4, -0.2) is 48.0 Å². The summed E-state index contributed by atoms with van der Waals surface area (Å²) in [5, 5.41) is 11.0. The molecule has 1 aliphatic carbocycles. The SMILES string of the molecule is CN1CCC(O)(C2CCOC3(CCCC3)C2)CC1.